The number of nitrogens with one attached hydrogen (secondary N) is 2. The average Bonchev–Trinajstić information content (AvgIpc) is 3.16. The molecule has 0 aliphatic heterocycles. The number of carbonyl (C=O) groups is 1. The van der Waals surface area contributed by atoms with Gasteiger partial charge in [-0.15, -0.1) is 0 Å². The number of aryl methyl sites for hydroxylation is 1. The number of hydrogen-bond donors (Lipinski definition) is 2. The number of amides is 2. The molecule has 2 amide bonds. The third kappa shape index (κ3) is 3.32. The Hall–Kier alpha value is -2.08. The van der Waals surface area contributed by atoms with E-state index in [2.05, 4.69) is 15.7 Å². The number of halogens is 2. The van der Waals surface area contributed by atoms with Gasteiger partial charge < -0.3 is 10.6 Å². The molecule has 1 heterocycles. The topological polar surface area (TPSA) is 59.0 Å². The number of carbonyl (C=O) groups excluding carboxylic acids is 1. The fourth-order valence-corrected chi connectivity index (χ4v) is 2.95. The quantitative estimate of drug-likeness (QED) is 0.902. The first-order chi connectivity index (χ1) is 11.0. The lowest BCUT2D eigenvalue weighted by molar-refractivity contribution is 0.240. The van der Waals surface area contributed by atoms with Crippen LogP contribution in [-0.2, 0) is 13.6 Å². The number of rotatable bonds is 4. The molecular weight excluding hydrogens is 319 g/mol. The summed E-state index contributed by atoms with van der Waals surface area (Å²) in [6.45, 7) is 2.35. The minimum atomic E-state index is -0.321. The predicted octanol–water partition coefficient (Wildman–Crippen LogP) is 2.88. The third-order valence-corrected chi connectivity index (χ3v) is 4.58. The molecule has 2 N–H and O–H groups in total. The molecule has 5 nitrogen and oxygen atoms in total. The standard InChI is InChI=1S/C16H18ClFN4O/c1-9-10(8-20-22(9)2)7-19-16(23)21-14-6-11(14)15-12(17)4-3-5-13(15)18/h3-5,8,11,14H,6-7H2,1-2H3,(H2,19,21,23)/t11-,14-/m1/s1. The van der Waals surface area contributed by atoms with E-state index in [1.54, 1.807) is 23.0 Å². The van der Waals surface area contributed by atoms with Crippen LogP contribution in [0, 0.1) is 12.7 Å². The largest absolute Gasteiger partial charge is 0.335 e. The predicted molar refractivity (Wildman–Crippen MR) is 85.9 cm³/mol. The number of benzene rings is 1. The van der Waals surface area contributed by atoms with Crippen molar-refractivity contribution in [2.75, 3.05) is 0 Å². The van der Waals surface area contributed by atoms with E-state index in [1.807, 2.05) is 14.0 Å². The molecule has 0 radical (unpaired) electrons. The van der Waals surface area contributed by atoms with Crippen LogP contribution in [0.15, 0.2) is 24.4 Å². The number of hydrogen-bond acceptors (Lipinski definition) is 2. The first kappa shape index (κ1) is 15.8. The molecule has 122 valence electrons. The van der Waals surface area contributed by atoms with E-state index in [1.165, 1.54) is 6.07 Å². The molecule has 3 rings (SSSR count). The van der Waals surface area contributed by atoms with E-state index in [4.69, 9.17) is 11.6 Å². The van der Waals surface area contributed by atoms with Crippen LogP contribution in [0.5, 0.6) is 0 Å². The van der Waals surface area contributed by atoms with Crippen LogP contribution in [0.1, 0.15) is 29.2 Å². The van der Waals surface area contributed by atoms with Gasteiger partial charge in [0.15, 0.2) is 0 Å². The highest BCUT2D eigenvalue weighted by molar-refractivity contribution is 6.31. The van der Waals surface area contributed by atoms with E-state index >= 15 is 0 Å². The van der Waals surface area contributed by atoms with Crippen LogP contribution < -0.4 is 10.6 Å². The van der Waals surface area contributed by atoms with Gasteiger partial charge in [-0.3, -0.25) is 4.68 Å². The van der Waals surface area contributed by atoms with Crippen molar-refractivity contribution < 1.29 is 9.18 Å². The Kier molecular flexibility index (Phi) is 4.26. The average molecular weight is 337 g/mol. The Morgan fingerprint density at radius 3 is 2.96 bits per heavy atom. The van der Waals surface area contributed by atoms with Crippen LogP contribution in [0.25, 0.3) is 0 Å². The molecule has 7 heteroatoms. The third-order valence-electron chi connectivity index (χ3n) is 4.25. The smallest absolute Gasteiger partial charge is 0.315 e. The second kappa shape index (κ2) is 6.20. The molecule has 2 atom stereocenters. The Morgan fingerprint density at radius 2 is 2.30 bits per heavy atom. The molecule has 1 fully saturated rings. The van der Waals surface area contributed by atoms with E-state index in [9.17, 15) is 9.18 Å². The molecule has 1 saturated carbocycles. The van der Waals surface area contributed by atoms with E-state index in [0.717, 1.165) is 11.3 Å². The summed E-state index contributed by atoms with van der Waals surface area (Å²) in [5, 5.41) is 10.2. The van der Waals surface area contributed by atoms with Crippen LogP contribution in [0.3, 0.4) is 0 Å². The monoisotopic (exact) mass is 336 g/mol. The highest BCUT2D eigenvalue weighted by atomic mass is 35.5. The summed E-state index contributed by atoms with van der Waals surface area (Å²) in [7, 11) is 1.85. The van der Waals surface area contributed by atoms with Crippen molar-refractivity contribution in [2.45, 2.75) is 31.8 Å². The SMILES string of the molecule is Cc1c(CNC(=O)N[C@@H]2C[C@H]2c2c(F)cccc2Cl)cnn1C. The summed E-state index contributed by atoms with van der Waals surface area (Å²) in [6.07, 6.45) is 2.43. The van der Waals surface area contributed by atoms with Crippen molar-refractivity contribution in [3.05, 3.63) is 52.1 Å². The zero-order chi connectivity index (χ0) is 16.6. The maximum absolute atomic E-state index is 13.8. The van der Waals surface area contributed by atoms with Gasteiger partial charge in [0.1, 0.15) is 5.82 Å². The van der Waals surface area contributed by atoms with Gasteiger partial charge in [0.2, 0.25) is 0 Å². The van der Waals surface area contributed by atoms with Gasteiger partial charge in [-0.25, -0.2) is 9.18 Å². The number of nitrogens with zero attached hydrogens (tertiary/aromatic N) is 2. The van der Waals surface area contributed by atoms with Gasteiger partial charge >= 0.3 is 6.03 Å². The fourth-order valence-electron chi connectivity index (χ4n) is 2.65. The summed E-state index contributed by atoms with van der Waals surface area (Å²) >= 11 is 6.05. The lowest BCUT2D eigenvalue weighted by Crippen LogP contribution is -2.37. The highest BCUT2D eigenvalue weighted by Crippen LogP contribution is 2.44. The van der Waals surface area contributed by atoms with Crippen LogP contribution in [0.2, 0.25) is 5.02 Å². The van der Waals surface area contributed by atoms with E-state index in [-0.39, 0.29) is 23.8 Å². The Bertz CT molecular complexity index is 725. The Balaban J connectivity index is 1.53. The van der Waals surface area contributed by atoms with Crippen molar-refractivity contribution >= 4 is 17.6 Å². The number of urea groups is 1. The fraction of sp³-hybridized carbons (Fsp3) is 0.375. The minimum absolute atomic E-state index is 0.0606. The summed E-state index contributed by atoms with van der Waals surface area (Å²) < 4.78 is 15.6. The first-order valence-electron chi connectivity index (χ1n) is 7.43. The summed E-state index contributed by atoms with van der Waals surface area (Å²) in [5.74, 6) is -0.382. The van der Waals surface area contributed by atoms with Gasteiger partial charge in [0.25, 0.3) is 0 Å². The van der Waals surface area contributed by atoms with E-state index < -0.39 is 0 Å². The van der Waals surface area contributed by atoms with Crippen molar-refractivity contribution in [1.82, 2.24) is 20.4 Å². The van der Waals surface area contributed by atoms with Gasteiger partial charge in [0, 0.05) is 47.4 Å². The second-order valence-corrected chi connectivity index (χ2v) is 6.20. The maximum Gasteiger partial charge on any atom is 0.315 e. The first-order valence-corrected chi connectivity index (χ1v) is 7.81. The summed E-state index contributed by atoms with van der Waals surface area (Å²) in [5.41, 5.74) is 2.46. The molecular formula is C16H18ClFN4O. The van der Waals surface area contributed by atoms with Gasteiger partial charge in [-0.05, 0) is 25.5 Å². The van der Waals surface area contributed by atoms with Gasteiger partial charge in [0.05, 0.1) is 6.20 Å². The molecule has 1 aromatic heterocycles. The van der Waals surface area contributed by atoms with Crippen LogP contribution >= 0.6 is 11.6 Å². The molecule has 0 saturated heterocycles. The minimum Gasteiger partial charge on any atom is -0.335 e. The summed E-state index contributed by atoms with van der Waals surface area (Å²) in [6, 6.07) is 4.28. The van der Waals surface area contributed by atoms with Crippen molar-refractivity contribution in [3.8, 4) is 0 Å². The number of aromatic nitrogens is 2. The van der Waals surface area contributed by atoms with Gasteiger partial charge in [-0.1, -0.05) is 17.7 Å². The highest BCUT2D eigenvalue weighted by Gasteiger charge is 2.42. The van der Waals surface area contributed by atoms with E-state index in [0.29, 0.717) is 23.6 Å². The zero-order valence-corrected chi connectivity index (χ0v) is 13.7. The van der Waals surface area contributed by atoms with Crippen molar-refractivity contribution in [1.29, 1.82) is 0 Å². The van der Waals surface area contributed by atoms with Gasteiger partial charge in [-0.2, -0.15) is 5.10 Å². The molecule has 1 aliphatic rings. The maximum atomic E-state index is 13.8. The zero-order valence-electron chi connectivity index (χ0n) is 12.9. The van der Waals surface area contributed by atoms with Crippen molar-refractivity contribution in [2.24, 2.45) is 7.05 Å². The molecule has 1 aromatic carbocycles. The molecule has 2 aromatic rings. The summed E-state index contributed by atoms with van der Waals surface area (Å²) in [4.78, 5) is 12.0. The lowest BCUT2D eigenvalue weighted by Gasteiger charge is -2.08. The molecule has 0 spiro atoms. The Labute approximate surface area is 138 Å². The molecule has 23 heavy (non-hydrogen) atoms. The van der Waals surface area contributed by atoms with Crippen LogP contribution in [-0.4, -0.2) is 21.9 Å². The normalized spacial score (nSPS) is 19.5. The van der Waals surface area contributed by atoms with Crippen LogP contribution in [0.4, 0.5) is 9.18 Å². The Morgan fingerprint density at radius 1 is 1.52 bits per heavy atom. The molecule has 0 bridgehead atoms. The van der Waals surface area contributed by atoms with Crippen molar-refractivity contribution in [3.63, 3.8) is 0 Å². The molecule has 0 unspecified atom stereocenters. The molecule has 1 aliphatic carbocycles. The second-order valence-electron chi connectivity index (χ2n) is 5.79. The lowest BCUT2D eigenvalue weighted by atomic mass is 10.1.